The van der Waals surface area contributed by atoms with Crippen LogP contribution < -0.4 is 16.0 Å². The molecule has 0 aliphatic carbocycles. The lowest BCUT2D eigenvalue weighted by molar-refractivity contribution is -0.130. The fraction of sp³-hybridized carbons (Fsp3) is 0.619. The van der Waals surface area contributed by atoms with E-state index in [1.807, 2.05) is 12.1 Å². The Balaban J connectivity index is 1.56. The molecule has 2 aliphatic heterocycles. The molecule has 6 heteroatoms. The highest BCUT2D eigenvalue weighted by Crippen LogP contribution is 2.17. The van der Waals surface area contributed by atoms with Gasteiger partial charge in [-0.25, -0.2) is 0 Å². The van der Waals surface area contributed by atoms with E-state index < -0.39 is 6.04 Å². The Morgan fingerprint density at radius 2 is 2.04 bits per heavy atom. The number of amides is 2. The molecule has 3 N–H and O–H groups in total. The molecule has 27 heavy (non-hydrogen) atoms. The lowest BCUT2D eigenvalue weighted by Crippen LogP contribution is -2.55. The zero-order valence-corrected chi connectivity index (χ0v) is 16.3. The molecule has 1 aromatic rings. The summed E-state index contributed by atoms with van der Waals surface area (Å²) < 4.78 is 5.56. The molecule has 2 amide bonds. The Labute approximate surface area is 161 Å². The predicted molar refractivity (Wildman–Crippen MR) is 104 cm³/mol. The minimum absolute atomic E-state index is 0.0980. The predicted octanol–water partition coefficient (Wildman–Crippen LogP) is 1.53. The van der Waals surface area contributed by atoms with Crippen molar-refractivity contribution < 1.29 is 14.3 Å². The van der Waals surface area contributed by atoms with Crippen LogP contribution in [0.4, 0.5) is 0 Å². The number of fused-ring (bicyclic) bond motifs is 1. The molecule has 0 aromatic heterocycles. The summed E-state index contributed by atoms with van der Waals surface area (Å²) >= 11 is 0. The van der Waals surface area contributed by atoms with E-state index in [0.717, 1.165) is 19.4 Å². The van der Waals surface area contributed by atoms with Crippen molar-refractivity contribution in [1.82, 2.24) is 16.0 Å². The minimum Gasteiger partial charge on any atom is -0.376 e. The van der Waals surface area contributed by atoms with Gasteiger partial charge in [-0.15, -0.1) is 0 Å². The summed E-state index contributed by atoms with van der Waals surface area (Å²) in [5.74, 6) is 0.0787. The monoisotopic (exact) mass is 373 g/mol. The topological polar surface area (TPSA) is 79.5 Å². The molecule has 0 saturated carbocycles. The highest BCUT2D eigenvalue weighted by atomic mass is 16.5. The van der Waals surface area contributed by atoms with Gasteiger partial charge in [-0.1, -0.05) is 38.1 Å². The largest absolute Gasteiger partial charge is 0.376 e. The van der Waals surface area contributed by atoms with Crippen LogP contribution in [0.5, 0.6) is 0 Å². The molecular formula is C21H31N3O3. The van der Waals surface area contributed by atoms with E-state index in [2.05, 4.69) is 41.9 Å². The Bertz CT molecular complexity index is 656. The Kier molecular flexibility index (Phi) is 6.85. The Morgan fingerprint density at radius 3 is 2.74 bits per heavy atom. The van der Waals surface area contributed by atoms with Crippen LogP contribution in [-0.4, -0.2) is 43.2 Å². The number of nitrogens with one attached hydrogen (secondary N) is 3. The van der Waals surface area contributed by atoms with Gasteiger partial charge in [-0.05, 0) is 42.7 Å². The van der Waals surface area contributed by atoms with Crippen LogP contribution in [0.1, 0.15) is 44.2 Å². The van der Waals surface area contributed by atoms with E-state index in [1.54, 1.807) is 0 Å². The van der Waals surface area contributed by atoms with Crippen LogP contribution in [0.3, 0.4) is 0 Å². The van der Waals surface area contributed by atoms with Crippen LogP contribution in [0.2, 0.25) is 0 Å². The summed E-state index contributed by atoms with van der Waals surface area (Å²) in [5, 5.41) is 9.21. The van der Waals surface area contributed by atoms with E-state index in [4.69, 9.17) is 4.74 Å². The number of carbonyl (C=O) groups excluding carboxylic acids is 2. The molecule has 6 nitrogen and oxygen atoms in total. The van der Waals surface area contributed by atoms with Crippen LogP contribution in [0, 0.1) is 5.92 Å². The molecule has 3 unspecified atom stereocenters. The van der Waals surface area contributed by atoms with Crippen molar-refractivity contribution in [1.29, 1.82) is 0 Å². The SMILES string of the molecule is CC(C)CC(NC(=O)C1Cc2ccccc2CN1)C(=O)NCC1CCCO1. The zero-order valence-electron chi connectivity index (χ0n) is 16.3. The first kappa shape index (κ1) is 19.8. The summed E-state index contributed by atoms with van der Waals surface area (Å²) in [7, 11) is 0. The van der Waals surface area contributed by atoms with Crippen molar-refractivity contribution in [3.63, 3.8) is 0 Å². The van der Waals surface area contributed by atoms with E-state index in [-0.39, 0.29) is 24.0 Å². The normalized spacial score (nSPS) is 22.9. The van der Waals surface area contributed by atoms with Gasteiger partial charge in [0.05, 0.1) is 12.1 Å². The van der Waals surface area contributed by atoms with Gasteiger partial charge in [0.15, 0.2) is 0 Å². The molecular weight excluding hydrogens is 342 g/mol. The van der Waals surface area contributed by atoms with E-state index in [1.165, 1.54) is 11.1 Å². The second-order valence-corrected chi connectivity index (χ2v) is 7.98. The van der Waals surface area contributed by atoms with Crippen molar-refractivity contribution in [2.75, 3.05) is 13.2 Å². The first-order valence-electron chi connectivity index (χ1n) is 10.0. The standard InChI is InChI=1S/C21H31N3O3/c1-14(2)10-19(20(25)23-13-17-8-5-9-27-17)24-21(26)18-11-15-6-3-4-7-16(15)12-22-18/h3-4,6-7,14,17-19,22H,5,8-13H2,1-2H3,(H,23,25)(H,24,26). The zero-order chi connectivity index (χ0) is 19.2. The van der Waals surface area contributed by atoms with Crippen molar-refractivity contribution in [3.8, 4) is 0 Å². The van der Waals surface area contributed by atoms with Gasteiger partial charge >= 0.3 is 0 Å². The van der Waals surface area contributed by atoms with E-state index >= 15 is 0 Å². The van der Waals surface area contributed by atoms with Crippen molar-refractivity contribution in [2.24, 2.45) is 5.92 Å². The van der Waals surface area contributed by atoms with Gasteiger partial charge in [0.25, 0.3) is 0 Å². The average Bonchev–Trinajstić information content (AvgIpc) is 3.18. The molecule has 148 valence electrons. The van der Waals surface area contributed by atoms with Crippen LogP contribution >= 0.6 is 0 Å². The van der Waals surface area contributed by atoms with Crippen molar-refractivity contribution in [2.45, 2.75) is 64.3 Å². The second-order valence-electron chi connectivity index (χ2n) is 7.98. The van der Waals surface area contributed by atoms with E-state index in [0.29, 0.717) is 31.8 Å². The maximum Gasteiger partial charge on any atom is 0.242 e. The van der Waals surface area contributed by atoms with Crippen LogP contribution in [0.15, 0.2) is 24.3 Å². The number of benzene rings is 1. The molecule has 0 spiro atoms. The highest BCUT2D eigenvalue weighted by molar-refractivity contribution is 5.90. The first-order chi connectivity index (χ1) is 13.0. The summed E-state index contributed by atoms with van der Waals surface area (Å²) in [5.41, 5.74) is 2.43. The average molecular weight is 373 g/mol. The van der Waals surface area contributed by atoms with E-state index in [9.17, 15) is 9.59 Å². The molecule has 0 bridgehead atoms. The molecule has 3 atom stereocenters. The highest BCUT2D eigenvalue weighted by Gasteiger charge is 2.29. The second kappa shape index (κ2) is 9.33. The van der Waals surface area contributed by atoms with Gasteiger partial charge in [-0.2, -0.15) is 0 Å². The number of hydrogen-bond acceptors (Lipinski definition) is 4. The molecule has 1 fully saturated rings. The summed E-state index contributed by atoms with van der Waals surface area (Å²) in [6, 6.07) is 7.34. The minimum atomic E-state index is -0.516. The lowest BCUT2D eigenvalue weighted by atomic mass is 9.95. The number of rotatable bonds is 7. The van der Waals surface area contributed by atoms with Crippen molar-refractivity contribution >= 4 is 11.8 Å². The van der Waals surface area contributed by atoms with Gasteiger partial charge in [0, 0.05) is 19.7 Å². The fourth-order valence-electron chi connectivity index (χ4n) is 3.76. The summed E-state index contributed by atoms with van der Waals surface area (Å²) in [6.45, 7) is 6.07. The first-order valence-corrected chi connectivity index (χ1v) is 10.0. The molecule has 1 aromatic carbocycles. The van der Waals surface area contributed by atoms with Gasteiger partial charge in [0.1, 0.15) is 6.04 Å². The third kappa shape index (κ3) is 5.53. The van der Waals surface area contributed by atoms with Gasteiger partial charge < -0.3 is 20.7 Å². The summed E-state index contributed by atoms with van der Waals surface area (Å²) in [6.07, 6.45) is 3.38. The van der Waals surface area contributed by atoms with Crippen molar-refractivity contribution in [3.05, 3.63) is 35.4 Å². The Hall–Kier alpha value is -1.92. The van der Waals surface area contributed by atoms with Crippen LogP contribution in [0.25, 0.3) is 0 Å². The quantitative estimate of drug-likeness (QED) is 0.677. The molecule has 0 radical (unpaired) electrons. The molecule has 3 rings (SSSR count). The lowest BCUT2D eigenvalue weighted by Gasteiger charge is -2.28. The fourth-order valence-corrected chi connectivity index (χ4v) is 3.76. The molecule has 1 saturated heterocycles. The summed E-state index contributed by atoms with van der Waals surface area (Å²) in [4.78, 5) is 25.4. The number of hydrogen-bond donors (Lipinski definition) is 3. The maximum absolute atomic E-state index is 12.8. The number of ether oxygens (including phenoxy) is 1. The molecule has 2 heterocycles. The molecule has 2 aliphatic rings. The van der Waals surface area contributed by atoms with Crippen LogP contribution in [-0.2, 0) is 27.3 Å². The van der Waals surface area contributed by atoms with Gasteiger partial charge in [0.2, 0.25) is 11.8 Å². The number of carbonyl (C=O) groups is 2. The third-order valence-electron chi connectivity index (χ3n) is 5.27. The Morgan fingerprint density at radius 1 is 1.26 bits per heavy atom. The van der Waals surface area contributed by atoms with Gasteiger partial charge in [-0.3, -0.25) is 9.59 Å². The third-order valence-corrected chi connectivity index (χ3v) is 5.27. The maximum atomic E-state index is 12.8. The smallest absolute Gasteiger partial charge is 0.242 e.